The summed E-state index contributed by atoms with van der Waals surface area (Å²) in [6.45, 7) is -0.954. The lowest BCUT2D eigenvalue weighted by atomic mass is 10.1. The third kappa shape index (κ3) is 5.87. The van der Waals surface area contributed by atoms with Crippen molar-refractivity contribution >= 4 is 12.0 Å². The molecule has 1 unspecified atom stereocenters. The van der Waals surface area contributed by atoms with Crippen LogP contribution in [0.1, 0.15) is 0 Å². The van der Waals surface area contributed by atoms with Gasteiger partial charge in [-0.2, -0.15) is 0 Å². The molecular weight excluding hydrogens is 242 g/mol. The molecule has 3 N–H and O–H groups in total. The largest absolute Gasteiger partial charge is 0.509 e. The Bertz CT molecular complexity index is 309. The molecule has 0 spiro atoms. The maximum atomic E-state index is 11.5. The van der Waals surface area contributed by atoms with E-state index in [9.17, 15) is 9.90 Å². The molecule has 0 saturated heterocycles. The standard InChI is InChI=1S/C11H19NO6/c1-17-7-11(16)9(10(15)6-14)4-12-3-8(5-13)18-2/h4,8,13-15H,3,5-7H2,1-2H3. The summed E-state index contributed by atoms with van der Waals surface area (Å²) in [4.78, 5) is 15.4. The van der Waals surface area contributed by atoms with Gasteiger partial charge in [-0.25, -0.2) is 0 Å². The van der Waals surface area contributed by atoms with Crippen molar-refractivity contribution in [3.63, 3.8) is 0 Å². The molecule has 0 aliphatic carbocycles. The third-order valence-electron chi connectivity index (χ3n) is 2.10. The molecule has 0 saturated carbocycles. The minimum atomic E-state index is -0.662. The number of ketones is 1. The van der Waals surface area contributed by atoms with Crippen molar-refractivity contribution in [3.8, 4) is 0 Å². The first-order valence-electron chi connectivity index (χ1n) is 5.29. The SMILES string of the molecule is COCC(=O)C(C=NCC(CO)OC)=C(O)CO. The molecule has 0 rings (SSSR count). The van der Waals surface area contributed by atoms with Crippen molar-refractivity contribution in [1.29, 1.82) is 0 Å². The predicted octanol–water partition coefficient (Wildman–Crippen LogP) is -0.916. The highest BCUT2D eigenvalue weighted by Crippen LogP contribution is 2.01. The number of Topliss-reactive ketones (excluding diaryl/α,β-unsaturated/α-hetero) is 1. The number of aliphatic hydroxyl groups excluding tert-OH is 3. The Kier molecular flexibility index (Phi) is 9.03. The molecular formula is C11H19NO6. The van der Waals surface area contributed by atoms with Crippen molar-refractivity contribution in [2.24, 2.45) is 4.99 Å². The van der Waals surface area contributed by atoms with Crippen molar-refractivity contribution in [2.45, 2.75) is 6.10 Å². The van der Waals surface area contributed by atoms with Crippen LogP contribution in [0.4, 0.5) is 0 Å². The second-order valence-electron chi connectivity index (χ2n) is 3.41. The molecule has 104 valence electrons. The van der Waals surface area contributed by atoms with Crippen LogP contribution >= 0.6 is 0 Å². The van der Waals surface area contributed by atoms with Crippen LogP contribution in [0.25, 0.3) is 0 Å². The fraction of sp³-hybridized carbons (Fsp3) is 0.636. The number of ether oxygens (including phenoxy) is 2. The zero-order valence-corrected chi connectivity index (χ0v) is 10.5. The maximum absolute atomic E-state index is 11.5. The summed E-state index contributed by atoms with van der Waals surface area (Å²) < 4.78 is 9.52. The monoisotopic (exact) mass is 261 g/mol. The Morgan fingerprint density at radius 2 is 2.06 bits per heavy atom. The van der Waals surface area contributed by atoms with Gasteiger partial charge in [0.15, 0.2) is 5.78 Å². The average molecular weight is 261 g/mol. The molecule has 0 radical (unpaired) electrons. The van der Waals surface area contributed by atoms with Gasteiger partial charge in [0.05, 0.1) is 24.8 Å². The molecule has 0 aromatic rings. The highest BCUT2D eigenvalue weighted by molar-refractivity contribution is 6.14. The van der Waals surface area contributed by atoms with Crippen LogP contribution in [-0.4, -0.2) is 74.0 Å². The summed E-state index contributed by atoms with van der Waals surface area (Å²) in [5, 5.41) is 27.0. The van der Waals surface area contributed by atoms with Gasteiger partial charge in [0, 0.05) is 20.4 Å². The minimum Gasteiger partial charge on any atom is -0.509 e. The van der Waals surface area contributed by atoms with E-state index >= 15 is 0 Å². The first-order chi connectivity index (χ1) is 8.60. The van der Waals surface area contributed by atoms with Gasteiger partial charge in [-0.15, -0.1) is 0 Å². The average Bonchev–Trinajstić information content (AvgIpc) is 2.38. The van der Waals surface area contributed by atoms with Gasteiger partial charge in [0.1, 0.15) is 19.0 Å². The number of nitrogens with zero attached hydrogens (tertiary/aromatic N) is 1. The van der Waals surface area contributed by atoms with Crippen molar-refractivity contribution in [1.82, 2.24) is 0 Å². The molecule has 0 bridgehead atoms. The summed E-state index contributed by atoms with van der Waals surface area (Å²) >= 11 is 0. The number of methoxy groups -OCH3 is 2. The van der Waals surface area contributed by atoms with E-state index in [1.165, 1.54) is 14.2 Å². The predicted molar refractivity (Wildman–Crippen MR) is 64.9 cm³/mol. The number of aliphatic hydroxyl groups is 3. The summed E-state index contributed by atoms with van der Waals surface area (Å²) in [5.41, 5.74) is -0.118. The molecule has 0 aromatic heterocycles. The van der Waals surface area contributed by atoms with E-state index < -0.39 is 24.3 Å². The molecule has 0 heterocycles. The van der Waals surface area contributed by atoms with Crippen LogP contribution in [0.5, 0.6) is 0 Å². The minimum absolute atomic E-state index is 0.118. The van der Waals surface area contributed by atoms with Crippen LogP contribution in [-0.2, 0) is 14.3 Å². The quantitative estimate of drug-likeness (QED) is 0.281. The maximum Gasteiger partial charge on any atom is 0.193 e. The van der Waals surface area contributed by atoms with E-state index in [0.717, 1.165) is 6.21 Å². The van der Waals surface area contributed by atoms with E-state index in [4.69, 9.17) is 14.9 Å². The first kappa shape index (κ1) is 16.7. The van der Waals surface area contributed by atoms with Crippen LogP contribution < -0.4 is 0 Å². The zero-order chi connectivity index (χ0) is 14.0. The number of carbonyl (C=O) groups excluding carboxylic acids is 1. The van der Waals surface area contributed by atoms with Crippen LogP contribution in [0.2, 0.25) is 0 Å². The van der Waals surface area contributed by atoms with Crippen molar-refractivity contribution in [2.75, 3.05) is 40.6 Å². The number of rotatable bonds is 9. The van der Waals surface area contributed by atoms with E-state index in [-0.39, 0.29) is 25.3 Å². The second-order valence-corrected chi connectivity index (χ2v) is 3.41. The highest BCUT2D eigenvalue weighted by Gasteiger charge is 2.13. The fourth-order valence-electron chi connectivity index (χ4n) is 1.07. The van der Waals surface area contributed by atoms with Gasteiger partial charge in [-0.3, -0.25) is 9.79 Å². The zero-order valence-electron chi connectivity index (χ0n) is 10.5. The Hall–Kier alpha value is -1.28. The van der Waals surface area contributed by atoms with Crippen LogP contribution in [0.3, 0.4) is 0 Å². The third-order valence-corrected chi connectivity index (χ3v) is 2.10. The van der Waals surface area contributed by atoms with Gasteiger partial charge < -0.3 is 24.8 Å². The van der Waals surface area contributed by atoms with E-state index in [1.54, 1.807) is 0 Å². The first-order valence-corrected chi connectivity index (χ1v) is 5.29. The molecule has 1 atom stereocenters. The lowest BCUT2D eigenvalue weighted by Gasteiger charge is -2.08. The fourth-order valence-corrected chi connectivity index (χ4v) is 1.07. The van der Waals surface area contributed by atoms with Crippen LogP contribution in [0.15, 0.2) is 16.3 Å². The topological polar surface area (TPSA) is 109 Å². The Balaban J connectivity index is 4.71. The smallest absolute Gasteiger partial charge is 0.193 e. The lowest BCUT2D eigenvalue weighted by Crippen LogP contribution is -2.20. The van der Waals surface area contributed by atoms with E-state index in [1.807, 2.05) is 0 Å². The second kappa shape index (κ2) is 9.72. The van der Waals surface area contributed by atoms with Crippen molar-refractivity contribution < 1.29 is 29.6 Å². The summed E-state index contributed by atoms with van der Waals surface area (Å²) in [6, 6.07) is 0. The molecule has 0 amide bonds. The van der Waals surface area contributed by atoms with Gasteiger partial charge in [0.25, 0.3) is 0 Å². The van der Waals surface area contributed by atoms with Gasteiger partial charge in [-0.1, -0.05) is 0 Å². The summed E-state index contributed by atoms with van der Waals surface area (Å²) in [7, 11) is 2.77. The lowest BCUT2D eigenvalue weighted by molar-refractivity contribution is -0.118. The number of hydrogen-bond acceptors (Lipinski definition) is 7. The van der Waals surface area contributed by atoms with Gasteiger partial charge in [-0.05, 0) is 0 Å². The molecule has 0 fully saturated rings. The molecule has 7 heteroatoms. The number of aliphatic imine (C=N–C) groups is 1. The molecule has 0 aliphatic rings. The molecule has 18 heavy (non-hydrogen) atoms. The van der Waals surface area contributed by atoms with Crippen LogP contribution in [0, 0.1) is 0 Å². The molecule has 7 nitrogen and oxygen atoms in total. The van der Waals surface area contributed by atoms with Gasteiger partial charge >= 0.3 is 0 Å². The normalized spacial score (nSPS) is 14.7. The van der Waals surface area contributed by atoms with Gasteiger partial charge in [0.2, 0.25) is 0 Å². The van der Waals surface area contributed by atoms with E-state index in [2.05, 4.69) is 9.73 Å². The Morgan fingerprint density at radius 1 is 1.39 bits per heavy atom. The summed E-state index contributed by atoms with van der Waals surface area (Å²) in [5.74, 6) is -0.968. The number of hydrogen-bond donors (Lipinski definition) is 3. The van der Waals surface area contributed by atoms with E-state index in [0.29, 0.717) is 0 Å². The Labute approximate surface area is 105 Å². The highest BCUT2D eigenvalue weighted by atomic mass is 16.5. The van der Waals surface area contributed by atoms with Crippen molar-refractivity contribution in [3.05, 3.63) is 11.3 Å². The summed E-state index contributed by atoms with van der Waals surface area (Å²) in [6.07, 6.45) is 0.658. The Morgan fingerprint density at radius 3 is 2.50 bits per heavy atom. The molecule has 0 aromatic carbocycles. The number of carbonyl (C=O) groups is 1. The molecule has 0 aliphatic heterocycles.